The summed E-state index contributed by atoms with van der Waals surface area (Å²) < 4.78 is 18.2. The van der Waals surface area contributed by atoms with Crippen molar-refractivity contribution in [3.63, 3.8) is 0 Å². The van der Waals surface area contributed by atoms with Gasteiger partial charge in [0.05, 0.1) is 0 Å². The molecule has 0 radical (unpaired) electrons. The standard InChI is InChI=1S/C28H29N3O9/c29-14-19-21(33)24(36)27(39-19)38-18(11-8-15-6-9-17(10-7-15)16-4-2-1-3-5-16)25-22(34)23(35)26(40-25)31-13-12-20(32)30-28(31)37/h1-7,9-10,12-13,18-19,21-27,33-36H,14,29H2,(H,30,32,37)/t18-,19+,21+,22-,23+,24+,25+,26+,27+/m0/s1. The van der Waals surface area contributed by atoms with E-state index in [1.807, 2.05) is 42.5 Å². The number of nitrogens with one attached hydrogen (secondary N) is 1. The van der Waals surface area contributed by atoms with Gasteiger partial charge in [-0.2, -0.15) is 0 Å². The molecule has 9 atom stereocenters. The lowest BCUT2D eigenvalue weighted by molar-refractivity contribution is -0.205. The monoisotopic (exact) mass is 551 g/mol. The van der Waals surface area contributed by atoms with Gasteiger partial charge in [0, 0.05) is 24.4 Å². The van der Waals surface area contributed by atoms with Gasteiger partial charge >= 0.3 is 5.69 Å². The van der Waals surface area contributed by atoms with Crippen molar-refractivity contribution in [3.05, 3.63) is 93.3 Å². The Balaban J connectivity index is 1.43. The minimum atomic E-state index is -1.59. The number of H-pyrrole nitrogens is 1. The van der Waals surface area contributed by atoms with E-state index in [1.165, 1.54) is 0 Å². The first-order valence-corrected chi connectivity index (χ1v) is 12.6. The Bertz CT molecular complexity index is 1480. The van der Waals surface area contributed by atoms with Gasteiger partial charge in [-0.25, -0.2) is 4.79 Å². The highest BCUT2D eigenvalue weighted by molar-refractivity contribution is 5.64. The van der Waals surface area contributed by atoms with Gasteiger partial charge in [-0.05, 0) is 23.3 Å². The molecule has 1 aromatic heterocycles. The quantitative estimate of drug-likeness (QED) is 0.200. The number of hydrogen-bond donors (Lipinski definition) is 6. The van der Waals surface area contributed by atoms with Crippen LogP contribution in [0.4, 0.5) is 0 Å². The van der Waals surface area contributed by atoms with Crippen LogP contribution < -0.4 is 17.0 Å². The summed E-state index contributed by atoms with van der Waals surface area (Å²) in [6, 6.07) is 18.2. The van der Waals surface area contributed by atoms with Crippen LogP contribution in [0.25, 0.3) is 11.1 Å². The Morgan fingerprint density at radius 2 is 1.60 bits per heavy atom. The summed E-state index contributed by atoms with van der Waals surface area (Å²) in [6.45, 7) is -0.0827. The minimum absolute atomic E-state index is 0.0827. The molecule has 0 saturated carbocycles. The summed E-state index contributed by atoms with van der Waals surface area (Å²) in [4.78, 5) is 25.8. The Morgan fingerprint density at radius 3 is 2.25 bits per heavy atom. The molecule has 2 saturated heterocycles. The van der Waals surface area contributed by atoms with E-state index in [1.54, 1.807) is 12.1 Å². The van der Waals surface area contributed by atoms with Crippen LogP contribution in [0.3, 0.4) is 0 Å². The highest BCUT2D eigenvalue weighted by Crippen LogP contribution is 2.33. The number of nitrogens with two attached hydrogens (primary N) is 1. The van der Waals surface area contributed by atoms with Crippen LogP contribution in [-0.4, -0.2) is 85.5 Å². The summed E-state index contributed by atoms with van der Waals surface area (Å²) in [5.74, 6) is 5.81. The summed E-state index contributed by atoms with van der Waals surface area (Å²) in [7, 11) is 0. The molecular weight excluding hydrogens is 522 g/mol. The molecule has 12 heteroatoms. The second kappa shape index (κ2) is 11.8. The average Bonchev–Trinajstić information content (AvgIpc) is 3.41. The van der Waals surface area contributed by atoms with Gasteiger partial charge in [-0.1, -0.05) is 54.3 Å². The Kier molecular flexibility index (Phi) is 8.27. The first kappa shape index (κ1) is 27.9. The first-order chi connectivity index (χ1) is 19.3. The second-order valence-corrected chi connectivity index (χ2v) is 9.52. The van der Waals surface area contributed by atoms with Gasteiger partial charge in [0.1, 0.15) is 36.6 Å². The minimum Gasteiger partial charge on any atom is -0.387 e. The molecule has 0 unspecified atom stereocenters. The predicted octanol–water partition coefficient (Wildman–Crippen LogP) is -1.33. The zero-order chi connectivity index (χ0) is 28.4. The van der Waals surface area contributed by atoms with Gasteiger partial charge in [0.15, 0.2) is 18.6 Å². The van der Waals surface area contributed by atoms with E-state index in [2.05, 4.69) is 16.8 Å². The Hall–Kier alpha value is -3.64. The molecule has 2 aliphatic rings. The number of aliphatic hydroxyl groups excluding tert-OH is 4. The van der Waals surface area contributed by atoms with E-state index >= 15 is 0 Å². The maximum absolute atomic E-state index is 12.3. The second-order valence-electron chi connectivity index (χ2n) is 9.52. The maximum Gasteiger partial charge on any atom is 0.330 e. The molecule has 5 rings (SSSR count). The molecule has 0 amide bonds. The fourth-order valence-electron chi connectivity index (χ4n) is 4.68. The number of ether oxygens (including phenoxy) is 3. The molecule has 2 aliphatic heterocycles. The van der Waals surface area contributed by atoms with Crippen LogP contribution in [-0.2, 0) is 14.2 Å². The molecule has 7 N–H and O–H groups in total. The van der Waals surface area contributed by atoms with Crippen molar-refractivity contribution in [1.82, 2.24) is 9.55 Å². The van der Waals surface area contributed by atoms with Gasteiger partial charge in [0.2, 0.25) is 0 Å². The summed E-state index contributed by atoms with van der Waals surface area (Å²) in [5, 5.41) is 42.2. The van der Waals surface area contributed by atoms with E-state index in [0.717, 1.165) is 28.0 Å². The normalized spacial score (nSPS) is 30.5. The van der Waals surface area contributed by atoms with Crippen molar-refractivity contribution in [1.29, 1.82) is 0 Å². The van der Waals surface area contributed by atoms with E-state index in [-0.39, 0.29) is 6.54 Å². The Labute approximate surface area is 228 Å². The van der Waals surface area contributed by atoms with E-state index < -0.39 is 66.5 Å². The zero-order valence-electron chi connectivity index (χ0n) is 21.1. The van der Waals surface area contributed by atoms with Crippen molar-refractivity contribution < 1.29 is 34.6 Å². The molecule has 2 fully saturated rings. The summed E-state index contributed by atoms with van der Waals surface area (Å²) in [6.07, 6.45) is -11.1. The van der Waals surface area contributed by atoms with E-state index in [0.29, 0.717) is 5.56 Å². The molecule has 0 bridgehead atoms. The van der Waals surface area contributed by atoms with Crippen LogP contribution in [0.5, 0.6) is 0 Å². The number of hydrogen-bond acceptors (Lipinski definition) is 10. The fraction of sp³-hybridized carbons (Fsp3) is 0.357. The maximum atomic E-state index is 12.3. The number of rotatable bonds is 6. The lowest BCUT2D eigenvalue weighted by Crippen LogP contribution is -2.43. The number of nitrogens with zero attached hydrogens (tertiary/aromatic N) is 1. The van der Waals surface area contributed by atoms with Crippen molar-refractivity contribution >= 4 is 0 Å². The zero-order valence-corrected chi connectivity index (χ0v) is 21.1. The third kappa shape index (κ3) is 5.64. The smallest absolute Gasteiger partial charge is 0.330 e. The lowest BCUT2D eigenvalue weighted by atomic mass is 10.0. The van der Waals surface area contributed by atoms with E-state index in [9.17, 15) is 30.0 Å². The summed E-state index contributed by atoms with van der Waals surface area (Å²) >= 11 is 0. The average molecular weight is 552 g/mol. The Morgan fingerprint density at radius 1 is 0.900 bits per heavy atom. The molecule has 0 spiro atoms. The fourth-order valence-corrected chi connectivity index (χ4v) is 4.68. The topological polar surface area (TPSA) is 189 Å². The molecule has 2 aromatic carbocycles. The highest BCUT2D eigenvalue weighted by Gasteiger charge is 2.50. The largest absolute Gasteiger partial charge is 0.387 e. The van der Waals surface area contributed by atoms with Crippen LogP contribution in [0.2, 0.25) is 0 Å². The van der Waals surface area contributed by atoms with Gasteiger partial charge < -0.3 is 40.4 Å². The van der Waals surface area contributed by atoms with E-state index in [4.69, 9.17) is 19.9 Å². The highest BCUT2D eigenvalue weighted by atomic mass is 16.7. The number of aliphatic hydroxyl groups is 4. The third-order valence-electron chi connectivity index (χ3n) is 6.88. The van der Waals surface area contributed by atoms with Crippen molar-refractivity contribution in [2.45, 2.75) is 55.2 Å². The summed E-state index contributed by atoms with van der Waals surface area (Å²) in [5.41, 5.74) is 6.72. The van der Waals surface area contributed by atoms with Crippen LogP contribution in [0.15, 0.2) is 76.4 Å². The van der Waals surface area contributed by atoms with Crippen LogP contribution in [0, 0.1) is 11.8 Å². The molecule has 0 aliphatic carbocycles. The predicted molar refractivity (Wildman–Crippen MR) is 141 cm³/mol. The van der Waals surface area contributed by atoms with Crippen molar-refractivity contribution in [2.75, 3.05) is 6.54 Å². The molecular formula is C28H29N3O9. The van der Waals surface area contributed by atoms with Crippen LogP contribution >= 0.6 is 0 Å². The number of aromatic amines is 1. The first-order valence-electron chi connectivity index (χ1n) is 12.6. The molecule has 3 aromatic rings. The van der Waals surface area contributed by atoms with Gasteiger partial charge in [0.25, 0.3) is 5.56 Å². The lowest BCUT2D eigenvalue weighted by Gasteiger charge is -2.26. The van der Waals surface area contributed by atoms with Crippen molar-refractivity contribution in [2.24, 2.45) is 5.73 Å². The molecule has 12 nitrogen and oxygen atoms in total. The third-order valence-corrected chi connectivity index (χ3v) is 6.88. The molecule has 3 heterocycles. The SMILES string of the molecule is NC[C@H]1O[C@@H](O[C@@H](C#Cc2ccc(-c3ccccc3)cc2)[C@H]2O[C@@H](n3ccc(=O)[nH]c3=O)[C@H](O)[C@@H]2O)[C@H](O)[C@@H]1O. The van der Waals surface area contributed by atoms with Gasteiger partial charge in [-0.15, -0.1) is 0 Å². The van der Waals surface area contributed by atoms with Crippen LogP contribution in [0.1, 0.15) is 11.8 Å². The molecule has 210 valence electrons. The molecule has 40 heavy (non-hydrogen) atoms. The number of benzene rings is 2. The van der Waals surface area contributed by atoms with Crippen molar-refractivity contribution in [3.8, 4) is 23.0 Å². The van der Waals surface area contributed by atoms with Gasteiger partial charge in [-0.3, -0.25) is 14.3 Å². The number of aromatic nitrogens is 2.